The normalized spacial score (nSPS) is 19.2. The number of rotatable bonds is 4. The maximum absolute atomic E-state index is 14.5. The molecule has 0 saturated carbocycles. The first-order valence-corrected chi connectivity index (χ1v) is 12.5. The van der Waals surface area contributed by atoms with Gasteiger partial charge in [-0.3, -0.25) is 4.79 Å². The van der Waals surface area contributed by atoms with Crippen molar-refractivity contribution in [2.45, 2.75) is 32.6 Å². The molecule has 0 N–H and O–H groups in total. The minimum absolute atomic E-state index is 0.0109. The van der Waals surface area contributed by atoms with Crippen LogP contribution in [0.4, 0.5) is 4.39 Å². The van der Waals surface area contributed by atoms with Gasteiger partial charge in [-0.15, -0.1) is 0 Å². The van der Waals surface area contributed by atoms with Gasteiger partial charge in [-0.05, 0) is 31.9 Å². The first kappa shape index (κ1) is 23.2. The topological polar surface area (TPSA) is 87.0 Å². The van der Waals surface area contributed by atoms with Crippen LogP contribution in [-0.4, -0.2) is 72.3 Å². The minimum Gasteiger partial charge on any atom is -0.360 e. The fourth-order valence-corrected chi connectivity index (χ4v) is 6.16. The van der Waals surface area contributed by atoms with Crippen LogP contribution in [0.25, 0.3) is 11.3 Å². The summed E-state index contributed by atoms with van der Waals surface area (Å²) in [5, 5.41) is 4.01. The Balaban J connectivity index is 1.51. The maximum Gasteiger partial charge on any atom is 0.282 e. The summed E-state index contributed by atoms with van der Waals surface area (Å²) in [4.78, 5) is 14.8. The lowest BCUT2D eigenvalue weighted by atomic mass is 10.0. The van der Waals surface area contributed by atoms with Gasteiger partial charge in [0.2, 0.25) is 0 Å². The number of halogens is 2. The van der Waals surface area contributed by atoms with Gasteiger partial charge in [-0.25, -0.2) is 4.39 Å². The van der Waals surface area contributed by atoms with Crippen molar-refractivity contribution in [3.63, 3.8) is 0 Å². The van der Waals surface area contributed by atoms with Gasteiger partial charge >= 0.3 is 0 Å². The molecule has 2 fully saturated rings. The summed E-state index contributed by atoms with van der Waals surface area (Å²) in [6.45, 7) is 3.50. The zero-order valence-corrected chi connectivity index (χ0v) is 19.5. The highest BCUT2D eigenvalue weighted by atomic mass is 35.5. The molecule has 174 valence electrons. The Hall–Kier alpha value is -2.01. The Bertz CT molecular complexity index is 1070. The lowest BCUT2D eigenvalue weighted by Gasteiger charge is -2.36. The summed E-state index contributed by atoms with van der Waals surface area (Å²) in [7, 11) is -3.55. The molecule has 2 saturated heterocycles. The third-order valence-corrected chi connectivity index (χ3v) is 8.37. The first-order chi connectivity index (χ1) is 15.3. The lowest BCUT2D eigenvalue weighted by molar-refractivity contribution is 0.0693. The Morgan fingerprint density at radius 2 is 1.66 bits per heavy atom. The molecule has 0 aliphatic carbocycles. The average Bonchev–Trinajstić information content (AvgIpc) is 2.97. The monoisotopic (exact) mass is 484 g/mol. The molecular weight excluding hydrogens is 459 g/mol. The van der Waals surface area contributed by atoms with Crippen LogP contribution in [-0.2, 0) is 10.2 Å². The highest BCUT2D eigenvalue weighted by Crippen LogP contribution is 2.34. The Labute approximate surface area is 192 Å². The molecule has 0 spiro atoms. The van der Waals surface area contributed by atoms with E-state index in [-0.39, 0.29) is 59.7 Å². The van der Waals surface area contributed by atoms with E-state index in [9.17, 15) is 17.6 Å². The second kappa shape index (κ2) is 9.46. The van der Waals surface area contributed by atoms with E-state index in [0.29, 0.717) is 13.1 Å². The van der Waals surface area contributed by atoms with Gasteiger partial charge in [0.15, 0.2) is 0 Å². The summed E-state index contributed by atoms with van der Waals surface area (Å²) in [6, 6.07) is 4.23. The van der Waals surface area contributed by atoms with Crippen molar-refractivity contribution in [2.24, 2.45) is 0 Å². The van der Waals surface area contributed by atoms with Gasteiger partial charge in [-0.1, -0.05) is 35.7 Å². The van der Waals surface area contributed by atoms with E-state index in [4.69, 9.17) is 16.1 Å². The summed E-state index contributed by atoms with van der Waals surface area (Å²) in [6.07, 6.45) is 3.82. The molecule has 0 atom stereocenters. The number of carbonyl (C=O) groups excluding carboxylic acids is 1. The van der Waals surface area contributed by atoms with Gasteiger partial charge in [-0.2, -0.15) is 17.0 Å². The van der Waals surface area contributed by atoms with Crippen molar-refractivity contribution >= 4 is 27.7 Å². The largest absolute Gasteiger partial charge is 0.360 e. The van der Waals surface area contributed by atoms with Crippen LogP contribution in [0.3, 0.4) is 0 Å². The molecule has 4 rings (SSSR count). The molecule has 2 aromatic rings. The van der Waals surface area contributed by atoms with Crippen LogP contribution in [0.5, 0.6) is 0 Å². The van der Waals surface area contributed by atoms with Crippen molar-refractivity contribution in [1.82, 2.24) is 18.7 Å². The maximum atomic E-state index is 14.5. The molecule has 1 amide bonds. The van der Waals surface area contributed by atoms with Gasteiger partial charge in [0.05, 0.1) is 10.6 Å². The molecule has 1 aromatic carbocycles. The number of nitrogens with zero attached hydrogens (tertiary/aromatic N) is 4. The molecule has 3 heterocycles. The molecule has 2 aliphatic heterocycles. The average molecular weight is 485 g/mol. The van der Waals surface area contributed by atoms with E-state index in [0.717, 1.165) is 25.7 Å². The number of carbonyl (C=O) groups is 1. The van der Waals surface area contributed by atoms with Gasteiger partial charge in [0.25, 0.3) is 16.1 Å². The summed E-state index contributed by atoms with van der Waals surface area (Å²) in [5.41, 5.74) is 0.202. The second-order valence-electron chi connectivity index (χ2n) is 8.07. The SMILES string of the molecule is Cc1onc(-c2c(F)cccc2Cl)c1C(=O)N1CCN(S(=O)(=O)N2CCCCCC2)CC1. The van der Waals surface area contributed by atoms with Crippen LogP contribution in [0.1, 0.15) is 41.8 Å². The fourth-order valence-electron chi connectivity index (χ4n) is 4.23. The van der Waals surface area contributed by atoms with Crippen LogP contribution < -0.4 is 0 Å². The number of hydrogen-bond donors (Lipinski definition) is 0. The molecule has 0 unspecified atom stereocenters. The van der Waals surface area contributed by atoms with E-state index in [2.05, 4.69) is 5.16 Å². The van der Waals surface area contributed by atoms with Crippen molar-refractivity contribution in [2.75, 3.05) is 39.3 Å². The molecule has 11 heteroatoms. The molecule has 1 aromatic heterocycles. The van der Waals surface area contributed by atoms with Crippen LogP contribution in [0.2, 0.25) is 5.02 Å². The first-order valence-electron chi connectivity index (χ1n) is 10.8. The summed E-state index contributed by atoms with van der Waals surface area (Å²) in [5.74, 6) is -0.734. The molecule has 0 radical (unpaired) electrons. The molecule has 8 nitrogen and oxygen atoms in total. The lowest BCUT2D eigenvalue weighted by Crippen LogP contribution is -2.54. The number of aryl methyl sites for hydroxylation is 1. The smallest absolute Gasteiger partial charge is 0.282 e. The highest BCUT2D eigenvalue weighted by Gasteiger charge is 2.35. The van der Waals surface area contributed by atoms with Crippen LogP contribution in [0, 0.1) is 12.7 Å². The number of amides is 1. The number of aromatic nitrogens is 1. The second-order valence-corrected chi connectivity index (χ2v) is 10.4. The van der Waals surface area contributed by atoms with Crippen LogP contribution >= 0.6 is 11.6 Å². The van der Waals surface area contributed by atoms with Crippen molar-refractivity contribution in [1.29, 1.82) is 0 Å². The zero-order valence-electron chi connectivity index (χ0n) is 17.9. The van der Waals surface area contributed by atoms with Gasteiger partial charge in [0, 0.05) is 39.3 Å². The van der Waals surface area contributed by atoms with Gasteiger partial charge < -0.3 is 9.42 Å². The molecule has 2 aliphatic rings. The van der Waals surface area contributed by atoms with E-state index in [1.54, 1.807) is 16.1 Å². The van der Waals surface area contributed by atoms with Gasteiger partial charge in [0.1, 0.15) is 22.8 Å². The van der Waals surface area contributed by atoms with Crippen LogP contribution in [0.15, 0.2) is 22.7 Å². The minimum atomic E-state index is -3.55. The van der Waals surface area contributed by atoms with Crippen molar-refractivity contribution in [3.8, 4) is 11.3 Å². The predicted molar refractivity (Wildman–Crippen MR) is 118 cm³/mol. The summed E-state index contributed by atoms with van der Waals surface area (Å²) >= 11 is 6.17. The summed E-state index contributed by atoms with van der Waals surface area (Å²) < 4.78 is 48.7. The molecule has 32 heavy (non-hydrogen) atoms. The highest BCUT2D eigenvalue weighted by molar-refractivity contribution is 7.86. The van der Waals surface area contributed by atoms with Crippen molar-refractivity contribution < 1.29 is 22.1 Å². The van der Waals surface area contributed by atoms with E-state index in [1.807, 2.05) is 0 Å². The Morgan fingerprint density at radius 3 is 2.28 bits per heavy atom. The Morgan fingerprint density at radius 1 is 1.03 bits per heavy atom. The van der Waals surface area contributed by atoms with E-state index >= 15 is 0 Å². The standard InChI is InChI=1S/C21H26ClFN4O4S/c1-15-18(20(24-31-15)19-16(22)7-6-8-17(19)23)21(28)25-11-13-27(14-12-25)32(29,30)26-9-4-2-3-5-10-26/h6-8H,2-5,9-14H2,1H3. The molecular formula is C21H26ClFN4O4S. The number of hydrogen-bond acceptors (Lipinski definition) is 5. The van der Waals surface area contributed by atoms with E-state index in [1.165, 1.54) is 22.5 Å². The third kappa shape index (κ3) is 4.41. The molecule has 0 bridgehead atoms. The quantitative estimate of drug-likeness (QED) is 0.664. The predicted octanol–water partition coefficient (Wildman–Crippen LogP) is 3.32. The fraction of sp³-hybridized carbons (Fsp3) is 0.524. The number of piperazine rings is 1. The van der Waals surface area contributed by atoms with E-state index < -0.39 is 16.0 Å². The zero-order chi connectivity index (χ0) is 22.9. The third-order valence-electron chi connectivity index (χ3n) is 6.02. The van der Waals surface area contributed by atoms with Crippen molar-refractivity contribution in [3.05, 3.63) is 40.4 Å². The number of benzene rings is 1. The Kier molecular flexibility index (Phi) is 6.85.